The van der Waals surface area contributed by atoms with E-state index in [1.807, 2.05) is 11.8 Å². The summed E-state index contributed by atoms with van der Waals surface area (Å²) in [6, 6.07) is 43.8. The van der Waals surface area contributed by atoms with Gasteiger partial charge in [0.1, 0.15) is 0 Å². The van der Waals surface area contributed by atoms with Gasteiger partial charge in [-0.1, -0.05) is 134 Å². The molecule has 0 bridgehead atoms. The van der Waals surface area contributed by atoms with Gasteiger partial charge < -0.3 is 15.1 Å². The SMILES string of the molecule is O=C(CS)NCCN(CCCCCCN1CCC(Cc2ccccc2)CC1)CCSC(c1ccccc1)(c1ccccc1)c1ccccc1. The lowest BCUT2D eigenvalue weighted by molar-refractivity contribution is -0.118. The maximum Gasteiger partial charge on any atom is 0.229 e. The monoisotopic (exact) mass is 693 g/mol. The number of nitrogens with one attached hydrogen (secondary N) is 1. The molecular weight excluding hydrogens is 639 g/mol. The van der Waals surface area contributed by atoms with Crippen LogP contribution >= 0.6 is 24.4 Å². The van der Waals surface area contributed by atoms with Crippen LogP contribution in [0.3, 0.4) is 0 Å². The Morgan fingerprint density at radius 3 is 1.80 bits per heavy atom. The van der Waals surface area contributed by atoms with Crippen molar-refractivity contribution in [1.29, 1.82) is 0 Å². The number of carbonyl (C=O) groups is 1. The number of carbonyl (C=O) groups excluding carboxylic acids is 1. The van der Waals surface area contributed by atoms with Gasteiger partial charge in [-0.15, -0.1) is 11.8 Å². The highest BCUT2D eigenvalue weighted by Crippen LogP contribution is 2.48. The molecule has 1 fully saturated rings. The molecule has 1 aliphatic heterocycles. The number of amides is 1. The first-order valence-electron chi connectivity index (χ1n) is 18.3. The second-order valence-electron chi connectivity index (χ2n) is 13.4. The van der Waals surface area contributed by atoms with E-state index < -0.39 is 0 Å². The highest BCUT2D eigenvalue weighted by molar-refractivity contribution is 8.00. The van der Waals surface area contributed by atoms with Gasteiger partial charge in [0, 0.05) is 25.4 Å². The molecule has 0 spiro atoms. The molecule has 1 aliphatic rings. The number of hydrogen-bond acceptors (Lipinski definition) is 5. The van der Waals surface area contributed by atoms with Crippen LogP contribution in [0, 0.1) is 5.92 Å². The standard InChI is InChI=1S/C43H55N3OS2/c47-42(36-48)44-27-32-46(29-16-2-1-15-28-45-30-25-38(26-31-45)35-37-17-7-3-8-18-37)33-34-49-43(39-19-9-4-10-20-39,40-21-11-5-12-22-40)41-23-13-6-14-24-41/h3-14,17-24,38,48H,1-2,15-16,25-36H2,(H,44,47). The molecule has 4 aromatic carbocycles. The van der Waals surface area contributed by atoms with Crippen molar-refractivity contribution in [3.63, 3.8) is 0 Å². The molecule has 0 radical (unpaired) electrons. The van der Waals surface area contributed by atoms with Gasteiger partial charge >= 0.3 is 0 Å². The highest BCUT2D eigenvalue weighted by Gasteiger charge is 2.36. The van der Waals surface area contributed by atoms with Crippen LogP contribution in [0.15, 0.2) is 121 Å². The van der Waals surface area contributed by atoms with Gasteiger partial charge in [-0.3, -0.25) is 4.79 Å². The number of benzene rings is 4. The van der Waals surface area contributed by atoms with E-state index in [1.165, 1.54) is 86.8 Å². The van der Waals surface area contributed by atoms with E-state index in [-0.39, 0.29) is 16.4 Å². The largest absolute Gasteiger partial charge is 0.354 e. The zero-order valence-corrected chi connectivity index (χ0v) is 30.8. The number of piperidine rings is 1. The van der Waals surface area contributed by atoms with E-state index in [4.69, 9.17) is 0 Å². The van der Waals surface area contributed by atoms with Gasteiger partial charge in [-0.05, 0) is 86.5 Å². The fraction of sp³-hybridized carbons (Fsp3) is 0.419. The van der Waals surface area contributed by atoms with Crippen molar-refractivity contribution in [2.24, 2.45) is 5.92 Å². The third-order valence-corrected chi connectivity index (χ3v) is 11.7. The van der Waals surface area contributed by atoms with Crippen LogP contribution in [0.5, 0.6) is 0 Å². The molecule has 1 amide bonds. The molecule has 1 N–H and O–H groups in total. The molecule has 5 rings (SSSR count). The maximum absolute atomic E-state index is 12.0. The summed E-state index contributed by atoms with van der Waals surface area (Å²) < 4.78 is -0.314. The predicted molar refractivity (Wildman–Crippen MR) is 213 cm³/mol. The lowest BCUT2D eigenvalue weighted by Crippen LogP contribution is -2.37. The van der Waals surface area contributed by atoms with E-state index >= 15 is 0 Å². The van der Waals surface area contributed by atoms with Crippen LogP contribution in [-0.2, 0) is 16.0 Å². The fourth-order valence-corrected chi connectivity index (χ4v) is 8.90. The van der Waals surface area contributed by atoms with Gasteiger partial charge in [0.25, 0.3) is 0 Å². The Kier molecular flexibility index (Phi) is 15.7. The minimum atomic E-state index is -0.314. The zero-order valence-electron chi connectivity index (χ0n) is 29.1. The first-order valence-corrected chi connectivity index (χ1v) is 20.0. The summed E-state index contributed by atoms with van der Waals surface area (Å²) in [5.74, 6) is 2.03. The summed E-state index contributed by atoms with van der Waals surface area (Å²) in [5.41, 5.74) is 5.38. The van der Waals surface area contributed by atoms with Gasteiger partial charge in [0.2, 0.25) is 5.91 Å². The van der Waals surface area contributed by atoms with Crippen molar-refractivity contribution in [2.45, 2.75) is 49.7 Å². The van der Waals surface area contributed by atoms with E-state index in [2.05, 4.69) is 149 Å². The number of nitrogens with zero attached hydrogens (tertiary/aromatic N) is 2. The second kappa shape index (κ2) is 20.6. The number of rotatable bonds is 20. The van der Waals surface area contributed by atoms with Crippen molar-refractivity contribution in [3.8, 4) is 0 Å². The number of thioether (sulfide) groups is 1. The smallest absolute Gasteiger partial charge is 0.229 e. The summed E-state index contributed by atoms with van der Waals surface area (Å²) >= 11 is 6.17. The topological polar surface area (TPSA) is 35.6 Å². The van der Waals surface area contributed by atoms with Gasteiger partial charge in [0.15, 0.2) is 0 Å². The second-order valence-corrected chi connectivity index (χ2v) is 15.0. The molecule has 0 aliphatic carbocycles. The van der Waals surface area contributed by atoms with Gasteiger partial charge in [0.05, 0.1) is 10.5 Å². The third kappa shape index (κ3) is 11.5. The van der Waals surface area contributed by atoms with Crippen LogP contribution in [0.1, 0.15) is 60.8 Å². The summed E-state index contributed by atoms with van der Waals surface area (Å²) in [6.45, 7) is 7.26. The number of likely N-dealkylation sites (tertiary alicyclic amines) is 1. The van der Waals surface area contributed by atoms with Gasteiger partial charge in [-0.25, -0.2) is 0 Å². The minimum absolute atomic E-state index is 0.00185. The average molecular weight is 694 g/mol. The molecule has 260 valence electrons. The molecule has 4 nitrogen and oxygen atoms in total. The summed E-state index contributed by atoms with van der Waals surface area (Å²) in [6.07, 6.45) is 8.88. The Bertz CT molecular complexity index is 1370. The molecule has 4 aromatic rings. The molecular formula is C43H55N3OS2. The highest BCUT2D eigenvalue weighted by atomic mass is 32.2. The molecule has 6 heteroatoms. The normalized spacial score (nSPS) is 14.2. The molecule has 0 unspecified atom stereocenters. The Morgan fingerprint density at radius 2 is 1.24 bits per heavy atom. The summed E-state index contributed by atoms with van der Waals surface area (Å²) in [4.78, 5) is 17.2. The van der Waals surface area contributed by atoms with Crippen molar-refractivity contribution >= 4 is 30.3 Å². The molecule has 0 saturated carbocycles. The Labute approximate surface area is 305 Å². The van der Waals surface area contributed by atoms with Crippen molar-refractivity contribution in [3.05, 3.63) is 144 Å². The minimum Gasteiger partial charge on any atom is -0.354 e. The number of unbranched alkanes of at least 4 members (excludes halogenated alkanes) is 3. The van der Waals surface area contributed by atoms with Crippen molar-refractivity contribution < 1.29 is 4.79 Å². The van der Waals surface area contributed by atoms with E-state index in [9.17, 15) is 4.79 Å². The quantitative estimate of drug-likeness (QED) is 0.0553. The molecule has 1 heterocycles. The first kappa shape index (κ1) is 37.2. The van der Waals surface area contributed by atoms with Crippen LogP contribution in [0.4, 0.5) is 0 Å². The van der Waals surface area contributed by atoms with Gasteiger partial charge in [-0.2, -0.15) is 12.6 Å². The van der Waals surface area contributed by atoms with E-state index in [0.717, 1.165) is 31.3 Å². The van der Waals surface area contributed by atoms with Crippen molar-refractivity contribution in [1.82, 2.24) is 15.1 Å². The zero-order chi connectivity index (χ0) is 34.0. The van der Waals surface area contributed by atoms with Crippen molar-refractivity contribution in [2.75, 3.05) is 57.3 Å². The molecule has 0 aromatic heterocycles. The van der Waals surface area contributed by atoms with E-state index in [1.54, 1.807) is 0 Å². The first-order chi connectivity index (χ1) is 24.2. The maximum atomic E-state index is 12.0. The number of thiol groups is 1. The lowest BCUT2D eigenvalue weighted by Gasteiger charge is -2.36. The van der Waals surface area contributed by atoms with Crippen LogP contribution in [-0.4, -0.2) is 73.0 Å². The average Bonchev–Trinajstić information content (AvgIpc) is 3.16. The van der Waals surface area contributed by atoms with Crippen LogP contribution in [0.2, 0.25) is 0 Å². The Balaban J connectivity index is 1.12. The third-order valence-electron chi connectivity index (χ3n) is 9.93. The fourth-order valence-electron chi connectivity index (χ4n) is 7.23. The van der Waals surface area contributed by atoms with E-state index in [0.29, 0.717) is 6.54 Å². The lowest BCUT2D eigenvalue weighted by atomic mass is 9.84. The summed E-state index contributed by atoms with van der Waals surface area (Å²) in [5, 5.41) is 3.04. The molecule has 1 saturated heterocycles. The summed E-state index contributed by atoms with van der Waals surface area (Å²) in [7, 11) is 0. The molecule has 0 atom stereocenters. The van der Waals surface area contributed by atoms with Crippen LogP contribution in [0.25, 0.3) is 0 Å². The predicted octanol–water partition coefficient (Wildman–Crippen LogP) is 8.57. The molecule has 49 heavy (non-hydrogen) atoms. The van der Waals surface area contributed by atoms with Crippen LogP contribution < -0.4 is 5.32 Å². The Morgan fingerprint density at radius 1 is 0.714 bits per heavy atom. The number of hydrogen-bond donors (Lipinski definition) is 2. The Hall–Kier alpha value is -3.03.